The summed E-state index contributed by atoms with van der Waals surface area (Å²) in [7, 11) is -3.69. The van der Waals surface area contributed by atoms with E-state index in [-0.39, 0.29) is 24.2 Å². The van der Waals surface area contributed by atoms with Crippen molar-refractivity contribution in [3.8, 4) is 6.07 Å². The van der Waals surface area contributed by atoms with Crippen LogP contribution in [-0.2, 0) is 15.8 Å². The average Bonchev–Trinajstić information content (AvgIpc) is 2.43. The van der Waals surface area contributed by atoms with E-state index in [4.69, 9.17) is 5.26 Å². The molecule has 114 valence electrons. The summed E-state index contributed by atoms with van der Waals surface area (Å²) in [4.78, 5) is 10.3. The van der Waals surface area contributed by atoms with E-state index in [1.54, 1.807) is 6.07 Å². The second-order valence-electron chi connectivity index (χ2n) is 4.45. The highest BCUT2D eigenvalue weighted by molar-refractivity contribution is 7.88. The van der Waals surface area contributed by atoms with Gasteiger partial charge in [0.2, 0.25) is 10.0 Å². The first kappa shape index (κ1) is 17.1. The van der Waals surface area contributed by atoms with E-state index in [1.165, 1.54) is 22.5 Å². The van der Waals surface area contributed by atoms with E-state index in [0.29, 0.717) is 13.0 Å². The van der Waals surface area contributed by atoms with Crippen LogP contribution in [0, 0.1) is 21.4 Å². The Balaban J connectivity index is 3.03. The largest absolute Gasteiger partial charge is 0.273 e. The molecule has 0 spiro atoms. The van der Waals surface area contributed by atoms with Gasteiger partial charge in [-0.25, -0.2) is 12.7 Å². The molecule has 0 saturated heterocycles. The minimum absolute atomic E-state index is 0.0934. The number of sulfonamides is 1. The molecular weight excluding hydrogens is 294 g/mol. The Hall–Kier alpha value is -1.98. The quantitative estimate of drug-likeness (QED) is 0.539. The highest BCUT2D eigenvalue weighted by atomic mass is 32.2. The van der Waals surface area contributed by atoms with Crippen LogP contribution in [0.25, 0.3) is 0 Å². The molecule has 0 heterocycles. The van der Waals surface area contributed by atoms with Crippen LogP contribution in [-0.4, -0.2) is 30.7 Å². The highest BCUT2D eigenvalue weighted by Crippen LogP contribution is 2.21. The van der Waals surface area contributed by atoms with Gasteiger partial charge < -0.3 is 0 Å². The molecular formula is C13H17N3O4S. The number of rotatable bonds is 8. The second kappa shape index (κ2) is 7.71. The molecule has 0 aliphatic rings. The Bertz CT molecular complexity index is 637. The zero-order chi connectivity index (χ0) is 15.9. The van der Waals surface area contributed by atoms with Crippen LogP contribution >= 0.6 is 0 Å². The SMILES string of the molecule is CCCN(CCC#N)S(=O)(=O)Cc1ccccc1[N+](=O)[O-]. The van der Waals surface area contributed by atoms with E-state index in [1.807, 2.05) is 13.0 Å². The number of nitriles is 1. The minimum atomic E-state index is -3.69. The van der Waals surface area contributed by atoms with Crippen LogP contribution < -0.4 is 0 Å². The van der Waals surface area contributed by atoms with Gasteiger partial charge >= 0.3 is 0 Å². The van der Waals surface area contributed by atoms with Gasteiger partial charge in [-0.1, -0.05) is 25.1 Å². The van der Waals surface area contributed by atoms with Crippen molar-refractivity contribution in [3.05, 3.63) is 39.9 Å². The number of nitro benzene ring substituents is 1. The molecule has 0 aliphatic carbocycles. The van der Waals surface area contributed by atoms with Gasteiger partial charge in [-0.2, -0.15) is 5.26 Å². The van der Waals surface area contributed by atoms with Crippen LogP contribution in [0.2, 0.25) is 0 Å². The molecule has 0 radical (unpaired) electrons. The van der Waals surface area contributed by atoms with Gasteiger partial charge in [0.1, 0.15) is 0 Å². The van der Waals surface area contributed by atoms with Crippen molar-refractivity contribution in [2.45, 2.75) is 25.5 Å². The fourth-order valence-electron chi connectivity index (χ4n) is 1.91. The van der Waals surface area contributed by atoms with Gasteiger partial charge in [-0.15, -0.1) is 0 Å². The first-order chi connectivity index (χ1) is 9.92. The van der Waals surface area contributed by atoms with Crippen LogP contribution in [0.1, 0.15) is 25.3 Å². The van der Waals surface area contributed by atoms with Crippen molar-refractivity contribution in [1.82, 2.24) is 4.31 Å². The number of hydrogen-bond acceptors (Lipinski definition) is 5. The molecule has 0 aromatic heterocycles. The summed E-state index contributed by atoms with van der Waals surface area (Å²) in [6.45, 7) is 2.23. The molecule has 21 heavy (non-hydrogen) atoms. The Labute approximate surface area is 124 Å². The summed E-state index contributed by atoms with van der Waals surface area (Å²) in [6, 6.07) is 7.69. The predicted octanol–water partition coefficient (Wildman–Crippen LogP) is 2.05. The topological polar surface area (TPSA) is 104 Å². The lowest BCUT2D eigenvalue weighted by Gasteiger charge is -2.20. The molecule has 1 rings (SSSR count). The third-order valence-electron chi connectivity index (χ3n) is 2.87. The van der Waals surface area contributed by atoms with Crippen molar-refractivity contribution < 1.29 is 13.3 Å². The first-order valence-electron chi connectivity index (χ1n) is 6.49. The van der Waals surface area contributed by atoms with E-state index in [2.05, 4.69) is 0 Å². The molecule has 1 aromatic rings. The molecule has 0 saturated carbocycles. The van der Waals surface area contributed by atoms with E-state index in [9.17, 15) is 18.5 Å². The fourth-order valence-corrected chi connectivity index (χ4v) is 3.56. The summed E-state index contributed by atoms with van der Waals surface area (Å²) >= 11 is 0. The number of nitrogens with zero attached hydrogens (tertiary/aromatic N) is 3. The summed E-state index contributed by atoms with van der Waals surface area (Å²) in [5, 5.41) is 19.5. The molecule has 0 aliphatic heterocycles. The highest BCUT2D eigenvalue weighted by Gasteiger charge is 2.25. The summed E-state index contributed by atoms with van der Waals surface area (Å²) in [5.74, 6) is -0.435. The summed E-state index contributed by atoms with van der Waals surface area (Å²) in [5.41, 5.74) is -0.0571. The smallest absolute Gasteiger partial charge is 0.258 e. The average molecular weight is 311 g/mol. The number of hydrogen-bond donors (Lipinski definition) is 0. The number of nitro groups is 1. The first-order valence-corrected chi connectivity index (χ1v) is 8.10. The third-order valence-corrected chi connectivity index (χ3v) is 4.69. The molecule has 0 unspecified atom stereocenters. The van der Waals surface area contributed by atoms with Crippen molar-refractivity contribution in [2.75, 3.05) is 13.1 Å². The minimum Gasteiger partial charge on any atom is -0.258 e. The lowest BCUT2D eigenvalue weighted by atomic mass is 10.2. The Morgan fingerprint density at radius 1 is 1.33 bits per heavy atom. The predicted molar refractivity (Wildman–Crippen MR) is 77.8 cm³/mol. The van der Waals surface area contributed by atoms with Crippen LogP contribution in [0.4, 0.5) is 5.69 Å². The monoisotopic (exact) mass is 311 g/mol. The van der Waals surface area contributed by atoms with Gasteiger partial charge in [-0.3, -0.25) is 10.1 Å². The Kier molecular flexibility index (Phi) is 6.27. The number of benzene rings is 1. The van der Waals surface area contributed by atoms with Crippen LogP contribution in [0.3, 0.4) is 0 Å². The van der Waals surface area contributed by atoms with Crippen molar-refractivity contribution in [3.63, 3.8) is 0 Å². The Morgan fingerprint density at radius 2 is 2.00 bits per heavy atom. The zero-order valence-corrected chi connectivity index (χ0v) is 12.5. The van der Waals surface area contributed by atoms with Gasteiger partial charge in [0.15, 0.2) is 0 Å². The maximum absolute atomic E-state index is 12.4. The fraction of sp³-hybridized carbons (Fsp3) is 0.462. The van der Waals surface area contributed by atoms with Crippen molar-refractivity contribution in [1.29, 1.82) is 5.26 Å². The zero-order valence-electron chi connectivity index (χ0n) is 11.7. The Morgan fingerprint density at radius 3 is 2.57 bits per heavy atom. The van der Waals surface area contributed by atoms with E-state index >= 15 is 0 Å². The normalized spacial score (nSPS) is 11.3. The van der Waals surface area contributed by atoms with Crippen LogP contribution in [0.15, 0.2) is 24.3 Å². The summed E-state index contributed by atoms with van der Waals surface area (Å²) < 4.78 is 25.9. The van der Waals surface area contributed by atoms with Gasteiger partial charge in [0.05, 0.1) is 16.7 Å². The standard InChI is InChI=1S/C13H17N3O4S/c1-2-9-15(10-5-8-14)21(19,20)11-12-6-3-4-7-13(12)16(17)18/h3-4,6-7H,2,5,9-11H2,1H3. The molecule has 8 heteroatoms. The van der Waals surface area contributed by atoms with Crippen LogP contribution in [0.5, 0.6) is 0 Å². The molecule has 0 N–H and O–H groups in total. The van der Waals surface area contributed by atoms with E-state index < -0.39 is 20.7 Å². The molecule has 0 bridgehead atoms. The molecule has 0 amide bonds. The van der Waals surface area contributed by atoms with Gasteiger partial charge in [0, 0.05) is 31.1 Å². The molecule has 0 atom stereocenters. The van der Waals surface area contributed by atoms with Gasteiger partial charge in [0.25, 0.3) is 5.69 Å². The lowest BCUT2D eigenvalue weighted by molar-refractivity contribution is -0.385. The molecule has 7 nitrogen and oxygen atoms in total. The maximum Gasteiger partial charge on any atom is 0.273 e. The van der Waals surface area contributed by atoms with Crippen molar-refractivity contribution in [2.24, 2.45) is 0 Å². The lowest BCUT2D eigenvalue weighted by Crippen LogP contribution is -2.33. The van der Waals surface area contributed by atoms with Crippen molar-refractivity contribution >= 4 is 15.7 Å². The molecule has 1 aromatic carbocycles. The van der Waals surface area contributed by atoms with E-state index in [0.717, 1.165) is 0 Å². The summed E-state index contributed by atoms with van der Waals surface area (Å²) in [6.07, 6.45) is 0.706. The van der Waals surface area contributed by atoms with Gasteiger partial charge in [-0.05, 0) is 6.42 Å². The maximum atomic E-state index is 12.4. The third kappa shape index (κ3) is 4.81. The second-order valence-corrected chi connectivity index (χ2v) is 6.42. The molecule has 0 fully saturated rings. The number of para-hydroxylation sites is 1.